The lowest BCUT2D eigenvalue weighted by atomic mass is 10.1. The second-order valence-corrected chi connectivity index (χ2v) is 4.95. The molecule has 0 amide bonds. The number of benzene rings is 3. The summed E-state index contributed by atoms with van der Waals surface area (Å²) < 4.78 is 5.95. The van der Waals surface area contributed by atoms with E-state index in [1.165, 1.54) is 0 Å². The summed E-state index contributed by atoms with van der Waals surface area (Å²) in [7, 11) is 0. The molecule has 0 saturated carbocycles. The normalized spacial score (nSPS) is 10.7. The second kappa shape index (κ2) is 5.53. The number of fused-ring (bicyclic) bond motifs is 1. The Hall–Kier alpha value is -2.03. The Labute approximate surface area is 122 Å². The maximum absolute atomic E-state index is 6.20. The molecule has 3 aromatic carbocycles. The lowest BCUT2D eigenvalue weighted by Gasteiger charge is -2.10. The minimum Gasteiger partial charge on any atom is -0.457 e. The van der Waals surface area contributed by atoms with Crippen molar-refractivity contribution in [3.05, 3.63) is 71.2 Å². The highest BCUT2D eigenvalue weighted by Crippen LogP contribution is 2.33. The van der Waals surface area contributed by atoms with Gasteiger partial charge in [0.25, 0.3) is 0 Å². The average molecular weight is 284 g/mol. The molecule has 3 heteroatoms. The van der Waals surface area contributed by atoms with E-state index in [1.54, 1.807) is 0 Å². The molecule has 0 saturated heterocycles. The molecule has 0 unspecified atom stereocenters. The minimum absolute atomic E-state index is 0.532. The molecule has 3 rings (SSSR count). The molecule has 2 N–H and O–H groups in total. The zero-order chi connectivity index (χ0) is 13.9. The Kier molecular flexibility index (Phi) is 3.59. The van der Waals surface area contributed by atoms with Crippen molar-refractivity contribution >= 4 is 22.4 Å². The zero-order valence-corrected chi connectivity index (χ0v) is 11.6. The fourth-order valence-electron chi connectivity index (χ4n) is 2.14. The molecule has 0 fully saturated rings. The fraction of sp³-hybridized carbons (Fsp3) is 0.0588. The van der Waals surface area contributed by atoms with Crippen molar-refractivity contribution in [2.45, 2.75) is 6.54 Å². The van der Waals surface area contributed by atoms with Crippen LogP contribution in [0.5, 0.6) is 11.5 Å². The largest absolute Gasteiger partial charge is 0.457 e. The van der Waals surface area contributed by atoms with Crippen molar-refractivity contribution in [1.29, 1.82) is 0 Å². The molecule has 0 aliphatic rings. The van der Waals surface area contributed by atoms with E-state index >= 15 is 0 Å². The van der Waals surface area contributed by atoms with Crippen molar-refractivity contribution in [3.63, 3.8) is 0 Å². The Morgan fingerprint density at radius 2 is 1.55 bits per heavy atom. The first-order valence-corrected chi connectivity index (χ1v) is 6.80. The van der Waals surface area contributed by atoms with E-state index in [-0.39, 0.29) is 0 Å². The molecule has 3 aromatic rings. The van der Waals surface area contributed by atoms with Crippen LogP contribution in [0.2, 0.25) is 5.02 Å². The van der Waals surface area contributed by atoms with E-state index in [0.29, 0.717) is 6.54 Å². The topological polar surface area (TPSA) is 35.2 Å². The van der Waals surface area contributed by atoms with Gasteiger partial charge in [0.2, 0.25) is 0 Å². The lowest BCUT2D eigenvalue weighted by Crippen LogP contribution is -1.95. The summed E-state index contributed by atoms with van der Waals surface area (Å²) in [5.74, 6) is 1.58. The lowest BCUT2D eigenvalue weighted by molar-refractivity contribution is 0.488. The van der Waals surface area contributed by atoms with Gasteiger partial charge in [0.15, 0.2) is 0 Å². The molecule has 0 aromatic heterocycles. The first-order chi connectivity index (χ1) is 9.78. The zero-order valence-electron chi connectivity index (χ0n) is 10.8. The number of hydrogen-bond donors (Lipinski definition) is 1. The van der Waals surface area contributed by atoms with Crippen LogP contribution in [0.4, 0.5) is 0 Å². The van der Waals surface area contributed by atoms with Crippen molar-refractivity contribution in [2.24, 2.45) is 5.73 Å². The number of hydrogen-bond acceptors (Lipinski definition) is 2. The molecular weight excluding hydrogens is 270 g/mol. The Balaban J connectivity index is 2.00. The van der Waals surface area contributed by atoms with Crippen LogP contribution in [0, 0.1) is 0 Å². The molecule has 100 valence electrons. The van der Waals surface area contributed by atoms with Gasteiger partial charge in [-0.1, -0.05) is 48.0 Å². The molecule has 20 heavy (non-hydrogen) atoms. The van der Waals surface area contributed by atoms with Crippen LogP contribution in [0.3, 0.4) is 0 Å². The molecule has 0 aliphatic carbocycles. The minimum atomic E-state index is 0.532. The monoisotopic (exact) mass is 283 g/mol. The predicted octanol–water partition coefficient (Wildman–Crippen LogP) is 4.74. The van der Waals surface area contributed by atoms with Gasteiger partial charge in [0.1, 0.15) is 11.5 Å². The number of ether oxygens (including phenoxy) is 1. The summed E-state index contributed by atoms with van der Waals surface area (Å²) >= 11 is 6.20. The van der Waals surface area contributed by atoms with E-state index in [9.17, 15) is 0 Å². The van der Waals surface area contributed by atoms with Gasteiger partial charge in [-0.15, -0.1) is 0 Å². The fourth-order valence-corrected chi connectivity index (χ4v) is 2.37. The maximum atomic E-state index is 6.20. The molecule has 0 aliphatic heterocycles. The van der Waals surface area contributed by atoms with Gasteiger partial charge in [0, 0.05) is 22.3 Å². The first-order valence-electron chi connectivity index (χ1n) is 6.42. The quantitative estimate of drug-likeness (QED) is 0.753. The molecule has 0 spiro atoms. The molecule has 2 nitrogen and oxygen atoms in total. The third kappa shape index (κ3) is 2.48. The summed E-state index contributed by atoms with van der Waals surface area (Å²) in [6.07, 6.45) is 0. The van der Waals surface area contributed by atoms with Crippen LogP contribution in [0.1, 0.15) is 5.56 Å². The van der Waals surface area contributed by atoms with E-state index in [0.717, 1.165) is 32.9 Å². The van der Waals surface area contributed by atoms with Gasteiger partial charge >= 0.3 is 0 Å². The second-order valence-electron chi connectivity index (χ2n) is 4.54. The van der Waals surface area contributed by atoms with Gasteiger partial charge < -0.3 is 10.5 Å². The van der Waals surface area contributed by atoms with Crippen LogP contribution < -0.4 is 10.5 Å². The molecule has 0 heterocycles. The van der Waals surface area contributed by atoms with Gasteiger partial charge in [-0.3, -0.25) is 0 Å². The number of halogens is 1. The molecule has 0 atom stereocenters. The molecule has 0 radical (unpaired) electrons. The third-order valence-corrected chi connectivity index (χ3v) is 3.55. The average Bonchev–Trinajstić information content (AvgIpc) is 2.51. The van der Waals surface area contributed by atoms with E-state index in [4.69, 9.17) is 22.1 Å². The van der Waals surface area contributed by atoms with Gasteiger partial charge in [-0.05, 0) is 29.8 Å². The van der Waals surface area contributed by atoms with E-state index in [2.05, 4.69) is 0 Å². The highest BCUT2D eigenvalue weighted by atomic mass is 35.5. The van der Waals surface area contributed by atoms with Crippen molar-refractivity contribution < 1.29 is 4.74 Å². The van der Waals surface area contributed by atoms with Gasteiger partial charge in [-0.25, -0.2) is 0 Å². The number of nitrogens with two attached hydrogens (primary N) is 1. The van der Waals surface area contributed by atoms with E-state index in [1.807, 2.05) is 60.7 Å². The summed E-state index contributed by atoms with van der Waals surface area (Å²) in [6, 6.07) is 19.5. The van der Waals surface area contributed by atoms with Crippen LogP contribution >= 0.6 is 11.6 Å². The summed E-state index contributed by atoms with van der Waals surface area (Å²) in [4.78, 5) is 0. The van der Waals surface area contributed by atoms with Crippen LogP contribution in [0.15, 0.2) is 60.7 Å². The number of rotatable bonds is 3. The van der Waals surface area contributed by atoms with Crippen molar-refractivity contribution in [1.82, 2.24) is 0 Å². The smallest absolute Gasteiger partial charge is 0.135 e. The predicted molar refractivity (Wildman–Crippen MR) is 83.4 cm³/mol. The molecular formula is C17H14ClNO. The van der Waals surface area contributed by atoms with Crippen molar-refractivity contribution in [2.75, 3.05) is 0 Å². The van der Waals surface area contributed by atoms with Crippen LogP contribution in [-0.4, -0.2) is 0 Å². The maximum Gasteiger partial charge on any atom is 0.135 e. The summed E-state index contributed by atoms with van der Waals surface area (Å²) in [6.45, 7) is 0.532. The van der Waals surface area contributed by atoms with Crippen LogP contribution in [-0.2, 0) is 6.54 Å². The SMILES string of the molecule is NCc1ccc(Oc2ccc(Cl)c3ccccc23)cc1. The summed E-state index contributed by atoms with van der Waals surface area (Å²) in [5.41, 5.74) is 6.67. The third-order valence-electron chi connectivity index (χ3n) is 3.22. The first kappa shape index (κ1) is 13.0. The standard InChI is InChI=1S/C17H14ClNO/c18-16-9-10-17(15-4-2-1-3-14(15)16)20-13-7-5-12(11-19)6-8-13/h1-10H,11,19H2. The van der Waals surface area contributed by atoms with E-state index < -0.39 is 0 Å². The highest BCUT2D eigenvalue weighted by Gasteiger charge is 2.06. The Morgan fingerprint density at radius 1 is 0.850 bits per heavy atom. The van der Waals surface area contributed by atoms with Gasteiger partial charge in [0.05, 0.1) is 0 Å². The highest BCUT2D eigenvalue weighted by molar-refractivity contribution is 6.35. The van der Waals surface area contributed by atoms with Gasteiger partial charge in [-0.2, -0.15) is 0 Å². The Morgan fingerprint density at radius 3 is 2.25 bits per heavy atom. The van der Waals surface area contributed by atoms with Crippen molar-refractivity contribution in [3.8, 4) is 11.5 Å². The molecule has 0 bridgehead atoms. The summed E-state index contributed by atoms with van der Waals surface area (Å²) in [5, 5.41) is 2.72. The van der Waals surface area contributed by atoms with Crippen LogP contribution in [0.25, 0.3) is 10.8 Å². The Bertz CT molecular complexity index is 738.